The van der Waals surface area contributed by atoms with Gasteiger partial charge < -0.3 is 9.31 Å². The van der Waals surface area contributed by atoms with Crippen LogP contribution in [0.2, 0.25) is 0 Å². The molecule has 0 spiro atoms. The maximum absolute atomic E-state index is 14.6. The molecule has 2 nitrogen and oxygen atoms in total. The van der Waals surface area contributed by atoms with Crippen molar-refractivity contribution in [2.75, 3.05) is 0 Å². The molecule has 1 heterocycles. The third-order valence-corrected chi connectivity index (χ3v) is 4.68. The van der Waals surface area contributed by atoms with Crippen molar-refractivity contribution in [1.29, 1.82) is 0 Å². The second-order valence-electron chi connectivity index (χ2n) is 6.81. The summed E-state index contributed by atoms with van der Waals surface area (Å²) in [6.07, 6.45) is 0. The van der Waals surface area contributed by atoms with Crippen molar-refractivity contribution in [3.05, 3.63) is 54.1 Å². The van der Waals surface area contributed by atoms with Gasteiger partial charge in [-0.25, -0.2) is 8.78 Å². The Morgan fingerprint density at radius 3 is 1.74 bits per heavy atom. The molecule has 2 aromatic rings. The van der Waals surface area contributed by atoms with E-state index in [-0.39, 0.29) is 5.46 Å². The molecule has 0 radical (unpaired) electrons. The van der Waals surface area contributed by atoms with E-state index in [1.165, 1.54) is 12.1 Å². The van der Waals surface area contributed by atoms with Crippen LogP contribution in [-0.2, 0) is 9.31 Å². The number of hydrogen-bond acceptors (Lipinski definition) is 2. The lowest BCUT2D eigenvalue weighted by atomic mass is 9.77. The fourth-order valence-electron chi connectivity index (χ4n) is 2.57. The lowest BCUT2D eigenvalue weighted by molar-refractivity contribution is 0.00578. The maximum Gasteiger partial charge on any atom is 0.500 e. The van der Waals surface area contributed by atoms with Crippen LogP contribution in [0, 0.1) is 11.6 Å². The molecule has 0 unspecified atom stereocenters. The Labute approximate surface area is 135 Å². The Morgan fingerprint density at radius 1 is 0.783 bits per heavy atom. The summed E-state index contributed by atoms with van der Waals surface area (Å²) in [4.78, 5) is 0. The van der Waals surface area contributed by atoms with E-state index in [4.69, 9.17) is 9.31 Å². The Bertz CT molecular complexity index is 690. The van der Waals surface area contributed by atoms with Crippen LogP contribution in [0.25, 0.3) is 11.1 Å². The molecule has 120 valence electrons. The minimum atomic E-state index is -1.05. The number of halogens is 2. The van der Waals surface area contributed by atoms with Gasteiger partial charge >= 0.3 is 7.12 Å². The van der Waals surface area contributed by atoms with Crippen molar-refractivity contribution in [2.24, 2.45) is 0 Å². The van der Waals surface area contributed by atoms with Crippen LogP contribution < -0.4 is 5.46 Å². The van der Waals surface area contributed by atoms with Crippen LogP contribution in [-0.4, -0.2) is 18.3 Å². The topological polar surface area (TPSA) is 18.5 Å². The van der Waals surface area contributed by atoms with E-state index in [0.29, 0.717) is 5.56 Å². The fraction of sp³-hybridized carbons (Fsp3) is 0.333. The molecule has 5 heteroatoms. The summed E-state index contributed by atoms with van der Waals surface area (Å²) in [7, 11) is -1.05. The largest absolute Gasteiger partial charge is 0.500 e. The number of hydrogen-bond donors (Lipinski definition) is 0. The Balaban J connectivity index is 2.00. The van der Waals surface area contributed by atoms with Crippen LogP contribution in [0.3, 0.4) is 0 Å². The summed E-state index contributed by atoms with van der Waals surface area (Å²) in [5.41, 5.74) is -0.224. The third kappa shape index (κ3) is 2.79. The fourth-order valence-corrected chi connectivity index (χ4v) is 2.57. The highest BCUT2D eigenvalue weighted by atomic mass is 19.1. The Hall–Kier alpha value is -1.72. The zero-order chi connectivity index (χ0) is 16.8. The SMILES string of the molecule is CC1(C)OB(c2c(F)cc(-c3ccccc3)cc2F)OC1(C)C. The summed E-state index contributed by atoms with van der Waals surface area (Å²) >= 11 is 0. The van der Waals surface area contributed by atoms with Crippen molar-refractivity contribution in [2.45, 2.75) is 38.9 Å². The van der Waals surface area contributed by atoms with E-state index in [1.54, 1.807) is 0 Å². The van der Waals surface area contributed by atoms with Crippen molar-refractivity contribution in [3.8, 4) is 11.1 Å². The summed E-state index contributed by atoms with van der Waals surface area (Å²) < 4.78 is 40.6. The molecule has 1 fully saturated rings. The molecule has 1 aliphatic rings. The minimum Gasteiger partial charge on any atom is -0.399 e. The molecule has 0 amide bonds. The van der Waals surface area contributed by atoms with Crippen molar-refractivity contribution >= 4 is 12.6 Å². The quantitative estimate of drug-likeness (QED) is 0.782. The van der Waals surface area contributed by atoms with Gasteiger partial charge in [-0.15, -0.1) is 0 Å². The van der Waals surface area contributed by atoms with Gasteiger partial charge in [0.25, 0.3) is 0 Å². The molecular weight excluding hydrogens is 297 g/mol. The van der Waals surface area contributed by atoms with Crippen LogP contribution in [0.15, 0.2) is 42.5 Å². The zero-order valence-corrected chi connectivity index (χ0v) is 13.7. The molecule has 1 saturated heterocycles. The minimum absolute atomic E-state index is 0.177. The standard InChI is InChI=1S/C18H19BF2O2/c1-17(2)18(3,4)23-19(22-17)16-14(20)10-13(11-15(16)21)12-8-6-5-7-9-12/h5-11H,1-4H3. The van der Waals surface area contributed by atoms with Crippen LogP contribution in [0.5, 0.6) is 0 Å². The highest BCUT2D eigenvalue weighted by Crippen LogP contribution is 2.37. The van der Waals surface area contributed by atoms with E-state index in [9.17, 15) is 8.78 Å². The summed E-state index contributed by atoms with van der Waals surface area (Å²) in [5.74, 6) is -1.33. The lowest BCUT2D eigenvalue weighted by Gasteiger charge is -2.32. The van der Waals surface area contributed by atoms with Crippen molar-refractivity contribution in [3.63, 3.8) is 0 Å². The van der Waals surface area contributed by atoms with Crippen LogP contribution >= 0.6 is 0 Å². The van der Waals surface area contributed by atoms with Crippen LogP contribution in [0.1, 0.15) is 27.7 Å². The van der Waals surface area contributed by atoms with Gasteiger partial charge in [-0.3, -0.25) is 0 Å². The van der Waals surface area contributed by atoms with E-state index >= 15 is 0 Å². The first-order chi connectivity index (χ1) is 10.7. The molecule has 0 N–H and O–H groups in total. The zero-order valence-electron chi connectivity index (χ0n) is 13.7. The Morgan fingerprint density at radius 2 is 1.26 bits per heavy atom. The molecule has 0 saturated carbocycles. The molecule has 0 aromatic heterocycles. The average molecular weight is 316 g/mol. The lowest BCUT2D eigenvalue weighted by Crippen LogP contribution is -2.41. The summed E-state index contributed by atoms with van der Waals surface area (Å²) in [5, 5.41) is 0. The maximum atomic E-state index is 14.6. The monoisotopic (exact) mass is 316 g/mol. The van der Waals surface area contributed by atoms with E-state index in [0.717, 1.165) is 5.56 Å². The van der Waals surface area contributed by atoms with Crippen molar-refractivity contribution in [1.82, 2.24) is 0 Å². The van der Waals surface area contributed by atoms with E-state index < -0.39 is 30.0 Å². The van der Waals surface area contributed by atoms with Crippen LogP contribution in [0.4, 0.5) is 8.78 Å². The molecule has 2 aromatic carbocycles. The molecule has 0 bridgehead atoms. The van der Waals surface area contributed by atoms with E-state index in [1.807, 2.05) is 58.0 Å². The molecule has 0 aliphatic carbocycles. The number of benzene rings is 2. The second kappa shape index (κ2) is 5.43. The van der Waals surface area contributed by atoms with Gasteiger partial charge in [0.1, 0.15) is 11.6 Å². The molecule has 0 atom stereocenters. The van der Waals surface area contributed by atoms with E-state index in [2.05, 4.69) is 0 Å². The van der Waals surface area contributed by atoms with Gasteiger partial charge in [0.05, 0.1) is 16.7 Å². The highest BCUT2D eigenvalue weighted by Gasteiger charge is 2.53. The van der Waals surface area contributed by atoms with Gasteiger partial charge in [0.15, 0.2) is 0 Å². The smallest absolute Gasteiger partial charge is 0.399 e. The van der Waals surface area contributed by atoms with Gasteiger partial charge in [-0.2, -0.15) is 0 Å². The highest BCUT2D eigenvalue weighted by molar-refractivity contribution is 6.62. The van der Waals surface area contributed by atoms with Gasteiger partial charge in [0.2, 0.25) is 0 Å². The third-order valence-electron chi connectivity index (χ3n) is 4.68. The second-order valence-corrected chi connectivity index (χ2v) is 6.81. The Kier molecular flexibility index (Phi) is 3.81. The summed E-state index contributed by atoms with van der Waals surface area (Å²) in [6.45, 7) is 7.39. The molecule has 3 rings (SSSR count). The average Bonchev–Trinajstić information content (AvgIpc) is 2.67. The number of rotatable bonds is 2. The van der Waals surface area contributed by atoms with Gasteiger partial charge in [-0.1, -0.05) is 30.3 Å². The van der Waals surface area contributed by atoms with Gasteiger partial charge in [-0.05, 0) is 51.0 Å². The normalized spacial score (nSPS) is 19.1. The molecular formula is C18H19BF2O2. The molecule has 1 aliphatic heterocycles. The predicted molar refractivity (Wildman–Crippen MR) is 87.5 cm³/mol. The predicted octanol–water partition coefficient (Wildman–Crippen LogP) is 3.93. The van der Waals surface area contributed by atoms with Crippen molar-refractivity contribution < 1.29 is 18.1 Å². The first kappa shape index (κ1) is 16.2. The van der Waals surface area contributed by atoms with Gasteiger partial charge in [0, 0.05) is 0 Å². The first-order valence-corrected chi connectivity index (χ1v) is 7.61. The summed E-state index contributed by atoms with van der Waals surface area (Å²) in [6, 6.07) is 11.8. The first-order valence-electron chi connectivity index (χ1n) is 7.61. The molecule has 23 heavy (non-hydrogen) atoms.